The largest absolute Gasteiger partial charge is 0.481 e. The minimum absolute atomic E-state index is 0.257. The maximum absolute atomic E-state index is 14.4. The third kappa shape index (κ3) is 4.55. The predicted molar refractivity (Wildman–Crippen MR) is 117 cm³/mol. The van der Waals surface area contributed by atoms with Gasteiger partial charge in [0.1, 0.15) is 5.82 Å². The normalized spacial score (nSPS) is 14.5. The Hall–Kier alpha value is -3.13. The van der Waals surface area contributed by atoms with Gasteiger partial charge in [-0.15, -0.1) is 0 Å². The van der Waals surface area contributed by atoms with E-state index in [4.69, 9.17) is 14.6 Å². The molecule has 2 aromatic heterocycles. The molecule has 1 fully saturated rings. The van der Waals surface area contributed by atoms with E-state index in [1.54, 1.807) is 6.07 Å². The fourth-order valence-corrected chi connectivity index (χ4v) is 4.00. The Bertz CT molecular complexity index is 1110. The van der Waals surface area contributed by atoms with Gasteiger partial charge in [-0.3, -0.25) is 14.7 Å². The fourth-order valence-electron chi connectivity index (χ4n) is 4.00. The Kier molecular flexibility index (Phi) is 6.60. The van der Waals surface area contributed by atoms with Gasteiger partial charge in [-0.1, -0.05) is 31.5 Å². The van der Waals surface area contributed by atoms with Crippen LogP contribution in [0.5, 0.6) is 0 Å². The highest BCUT2D eigenvalue weighted by molar-refractivity contribution is 5.71. The summed E-state index contributed by atoms with van der Waals surface area (Å²) in [6.45, 7) is 5.78. The topological polar surface area (TPSA) is 92.4 Å². The van der Waals surface area contributed by atoms with Crippen molar-refractivity contribution in [3.05, 3.63) is 53.1 Å². The Morgan fingerprint density at radius 3 is 2.72 bits per heavy atom. The molecule has 1 aliphatic heterocycles. The molecule has 7 nitrogen and oxygen atoms in total. The summed E-state index contributed by atoms with van der Waals surface area (Å²) in [5.74, 6) is -0.564. The number of hydrogen-bond acceptors (Lipinski definition) is 6. The summed E-state index contributed by atoms with van der Waals surface area (Å²) in [4.78, 5) is 22.4. The number of benzene rings is 1. The summed E-state index contributed by atoms with van der Waals surface area (Å²) in [5, 5.41) is 13.2. The number of aliphatic carboxylic acids is 1. The zero-order valence-corrected chi connectivity index (χ0v) is 18.3. The molecule has 0 radical (unpaired) electrons. The molecule has 3 aromatic rings. The SMILES string of the molecule is CCCCc1c(F)cccc1-c1nc(-c2ccc(CN3CC(C(=O)O)C3)nc2CC)no1. The van der Waals surface area contributed by atoms with Crippen LogP contribution in [-0.2, 0) is 24.2 Å². The number of carboxylic acids is 1. The Balaban J connectivity index is 1.56. The molecule has 32 heavy (non-hydrogen) atoms. The van der Waals surface area contributed by atoms with Crippen LogP contribution < -0.4 is 0 Å². The summed E-state index contributed by atoms with van der Waals surface area (Å²) < 4.78 is 19.9. The summed E-state index contributed by atoms with van der Waals surface area (Å²) in [7, 11) is 0. The highest BCUT2D eigenvalue weighted by atomic mass is 19.1. The molecule has 0 saturated carbocycles. The van der Waals surface area contributed by atoms with E-state index in [-0.39, 0.29) is 11.7 Å². The van der Waals surface area contributed by atoms with Gasteiger partial charge in [0.15, 0.2) is 0 Å². The van der Waals surface area contributed by atoms with Gasteiger partial charge < -0.3 is 9.63 Å². The first-order chi connectivity index (χ1) is 15.5. The van der Waals surface area contributed by atoms with Crippen molar-refractivity contribution < 1.29 is 18.8 Å². The van der Waals surface area contributed by atoms with Gasteiger partial charge in [0.25, 0.3) is 5.89 Å². The molecule has 1 N–H and O–H groups in total. The molecule has 4 rings (SSSR count). The summed E-state index contributed by atoms with van der Waals surface area (Å²) in [6, 6.07) is 8.76. The van der Waals surface area contributed by atoms with Gasteiger partial charge in [-0.2, -0.15) is 4.98 Å². The van der Waals surface area contributed by atoms with Crippen molar-refractivity contribution in [2.45, 2.75) is 46.1 Å². The number of unbranched alkanes of at least 4 members (excludes halogenated alkanes) is 1. The number of likely N-dealkylation sites (tertiary alicyclic amines) is 1. The second-order valence-electron chi connectivity index (χ2n) is 8.17. The standard InChI is InChI=1S/C24H27FN4O3/c1-3-5-7-17-18(8-6-9-20(17)25)23-27-22(28-32-23)19-11-10-16(26-21(19)4-2)14-29-12-15(13-29)24(30)31/h6,8-11,15H,3-5,7,12-14H2,1-2H3,(H,30,31). The number of hydrogen-bond donors (Lipinski definition) is 1. The molecule has 1 saturated heterocycles. The maximum Gasteiger partial charge on any atom is 0.309 e. The number of rotatable bonds is 9. The second-order valence-corrected chi connectivity index (χ2v) is 8.17. The quantitative estimate of drug-likeness (QED) is 0.531. The van der Waals surface area contributed by atoms with Gasteiger partial charge in [0.05, 0.1) is 17.3 Å². The molecule has 0 spiro atoms. The van der Waals surface area contributed by atoms with Crippen LogP contribution in [0.15, 0.2) is 34.9 Å². The lowest BCUT2D eigenvalue weighted by Gasteiger charge is -2.36. The molecule has 1 aromatic carbocycles. The van der Waals surface area contributed by atoms with Crippen molar-refractivity contribution in [3.8, 4) is 22.8 Å². The van der Waals surface area contributed by atoms with Crippen molar-refractivity contribution in [2.24, 2.45) is 5.92 Å². The first-order valence-corrected chi connectivity index (χ1v) is 11.1. The van der Waals surface area contributed by atoms with Gasteiger partial charge >= 0.3 is 5.97 Å². The molecule has 8 heteroatoms. The summed E-state index contributed by atoms with van der Waals surface area (Å²) in [5.41, 5.74) is 3.74. The van der Waals surface area contributed by atoms with E-state index in [0.717, 1.165) is 29.8 Å². The van der Waals surface area contributed by atoms with Crippen molar-refractivity contribution in [2.75, 3.05) is 13.1 Å². The average molecular weight is 439 g/mol. The lowest BCUT2D eigenvalue weighted by atomic mass is 10.00. The van der Waals surface area contributed by atoms with Crippen LogP contribution in [0.4, 0.5) is 4.39 Å². The van der Waals surface area contributed by atoms with Crippen molar-refractivity contribution in [1.82, 2.24) is 20.0 Å². The molecule has 0 atom stereocenters. The van der Waals surface area contributed by atoms with E-state index < -0.39 is 5.97 Å². The summed E-state index contributed by atoms with van der Waals surface area (Å²) >= 11 is 0. The highest BCUT2D eigenvalue weighted by Gasteiger charge is 2.32. The van der Waals surface area contributed by atoms with Crippen LogP contribution >= 0.6 is 0 Å². The monoisotopic (exact) mass is 438 g/mol. The molecule has 0 unspecified atom stereocenters. The van der Waals surface area contributed by atoms with Crippen LogP contribution in [0.3, 0.4) is 0 Å². The molecule has 0 aliphatic carbocycles. The van der Waals surface area contributed by atoms with Gasteiger partial charge in [-0.05, 0) is 43.5 Å². The molecule has 3 heterocycles. The molecular formula is C24H27FN4O3. The smallest absolute Gasteiger partial charge is 0.309 e. The average Bonchev–Trinajstić information content (AvgIpc) is 3.24. The second kappa shape index (κ2) is 9.56. The molecule has 0 bridgehead atoms. The van der Waals surface area contributed by atoms with Crippen LogP contribution in [0, 0.1) is 11.7 Å². The predicted octanol–water partition coefficient (Wildman–Crippen LogP) is 4.36. The van der Waals surface area contributed by atoms with Crippen molar-refractivity contribution in [1.29, 1.82) is 0 Å². The number of aromatic nitrogens is 3. The van der Waals surface area contributed by atoms with E-state index in [2.05, 4.69) is 22.0 Å². The van der Waals surface area contributed by atoms with Crippen LogP contribution in [0.25, 0.3) is 22.8 Å². The molecule has 1 aliphatic rings. The van der Waals surface area contributed by atoms with Crippen LogP contribution in [0.2, 0.25) is 0 Å². The number of carbonyl (C=O) groups is 1. The third-order valence-corrected chi connectivity index (χ3v) is 5.86. The van der Waals surface area contributed by atoms with Crippen LogP contribution in [-0.4, -0.2) is 44.2 Å². The zero-order chi connectivity index (χ0) is 22.7. The van der Waals surface area contributed by atoms with E-state index in [1.165, 1.54) is 6.07 Å². The van der Waals surface area contributed by atoms with E-state index in [0.29, 0.717) is 55.3 Å². The molecule has 0 amide bonds. The van der Waals surface area contributed by atoms with Crippen molar-refractivity contribution >= 4 is 5.97 Å². The Morgan fingerprint density at radius 2 is 2.00 bits per heavy atom. The number of nitrogens with zero attached hydrogens (tertiary/aromatic N) is 4. The van der Waals surface area contributed by atoms with Gasteiger partial charge in [-0.25, -0.2) is 4.39 Å². The van der Waals surface area contributed by atoms with Crippen molar-refractivity contribution in [3.63, 3.8) is 0 Å². The number of carboxylic acid groups (broad SMARTS) is 1. The number of pyridine rings is 1. The number of aryl methyl sites for hydroxylation is 1. The fraction of sp³-hybridized carbons (Fsp3) is 0.417. The maximum atomic E-state index is 14.4. The van der Waals surface area contributed by atoms with Gasteiger partial charge in [0.2, 0.25) is 5.82 Å². The zero-order valence-electron chi connectivity index (χ0n) is 18.3. The minimum Gasteiger partial charge on any atom is -0.481 e. The van der Waals surface area contributed by atoms with E-state index in [9.17, 15) is 9.18 Å². The first-order valence-electron chi connectivity index (χ1n) is 11.1. The molecular weight excluding hydrogens is 411 g/mol. The third-order valence-electron chi connectivity index (χ3n) is 5.86. The highest BCUT2D eigenvalue weighted by Crippen LogP contribution is 2.29. The van der Waals surface area contributed by atoms with E-state index >= 15 is 0 Å². The first kappa shape index (κ1) is 22.1. The van der Waals surface area contributed by atoms with Crippen LogP contribution in [0.1, 0.15) is 43.6 Å². The Labute approximate surface area is 186 Å². The minimum atomic E-state index is -0.747. The summed E-state index contributed by atoms with van der Waals surface area (Å²) in [6.07, 6.45) is 3.15. The molecule has 168 valence electrons. The lowest BCUT2D eigenvalue weighted by Crippen LogP contribution is -2.49. The lowest BCUT2D eigenvalue weighted by molar-refractivity contribution is -0.147. The van der Waals surface area contributed by atoms with Gasteiger partial charge in [0, 0.05) is 36.3 Å². The van der Waals surface area contributed by atoms with E-state index in [1.807, 2.05) is 25.1 Å². The number of halogens is 1. The Morgan fingerprint density at radius 1 is 1.19 bits per heavy atom.